The lowest BCUT2D eigenvalue weighted by Crippen LogP contribution is -2.44. The van der Waals surface area contributed by atoms with E-state index in [1.165, 1.54) is 0 Å². The lowest BCUT2D eigenvalue weighted by molar-refractivity contribution is -0.0531. The van der Waals surface area contributed by atoms with E-state index in [-0.39, 0.29) is 12.0 Å². The lowest BCUT2D eigenvalue weighted by Gasteiger charge is -2.38. The Morgan fingerprint density at radius 1 is 1.42 bits per heavy atom. The predicted molar refractivity (Wildman–Crippen MR) is 77.4 cm³/mol. The normalized spacial score (nSPS) is 23.8. The Bertz CT molecular complexity index is 405. The predicted octanol–water partition coefficient (Wildman–Crippen LogP) is 2.56. The van der Waals surface area contributed by atoms with Gasteiger partial charge in [-0.15, -0.1) is 0 Å². The standard InChI is InChI=1S/C15H22ClNO2/c1-17(9-13-5-2-3-6-14(13)16)10-15(11-18)7-4-8-19-12-15/h2-3,5-6,18H,4,7-12H2,1H3. The number of halogens is 1. The summed E-state index contributed by atoms with van der Waals surface area (Å²) in [6, 6.07) is 7.90. The Hall–Kier alpha value is -0.610. The molecular weight excluding hydrogens is 262 g/mol. The van der Waals surface area contributed by atoms with Crippen molar-refractivity contribution >= 4 is 11.6 Å². The zero-order valence-corrected chi connectivity index (χ0v) is 12.2. The third kappa shape index (κ3) is 3.93. The summed E-state index contributed by atoms with van der Waals surface area (Å²) in [5, 5.41) is 10.5. The van der Waals surface area contributed by atoms with Crippen molar-refractivity contribution in [1.29, 1.82) is 0 Å². The van der Waals surface area contributed by atoms with Gasteiger partial charge in [-0.1, -0.05) is 29.8 Å². The first-order valence-electron chi connectivity index (χ1n) is 6.76. The molecule has 0 aliphatic carbocycles. The minimum Gasteiger partial charge on any atom is -0.396 e. The van der Waals surface area contributed by atoms with E-state index in [9.17, 15) is 5.11 Å². The highest BCUT2D eigenvalue weighted by atomic mass is 35.5. The maximum atomic E-state index is 9.68. The van der Waals surface area contributed by atoms with E-state index >= 15 is 0 Å². The molecule has 0 saturated carbocycles. The van der Waals surface area contributed by atoms with Gasteiger partial charge >= 0.3 is 0 Å². The van der Waals surface area contributed by atoms with Crippen LogP contribution >= 0.6 is 11.6 Å². The van der Waals surface area contributed by atoms with Crippen LogP contribution in [0.1, 0.15) is 18.4 Å². The first kappa shape index (κ1) is 14.8. The van der Waals surface area contributed by atoms with Crippen molar-refractivity contribution in [2.45, 2.75) is 19.4 Å². The summed E-state index contributed by atoms with van der Waals surface area (Å²) in [6.07, 6.45) is 2.05. The van der Waals surface area contributed by atoms with Crippen LogP contribution in [0.5, 0.6) is 0 Å². The summed E-state index contributed by atoms with van der Waals surface area (Å²) in [7, 11) is 2.06. The van der Waals surface area contributed by atoms with Crippen LogP contribution in [0.25, 0.3) is 0 Å². The minimum absolute atomic E-state index is 0.117. The van der Waals surface area contributed by atoms with Crippen LogP contribution in [0.15, 0.2) is 24.3 Å². The quantitative estimate of drug-likeness (QED) is 0.901. The van der Waals surface area contributed by atoms with Crippen molar-refractivity contribution in [3.63, 3.8) is 0 Å². The number of benzene rings is 1. The van der Waals surface area contributed by atoms with E-state index in [0.29, 0.717) is 6.61 Å². The Morgan fingerprint density at radius 3 is 2.84 bits per heavy atom. The van der Waals surface area contributed by atoms with Crippen molar-refractivity contribution in [1.82, 2.24) is 4.90 Å². The number of aliphatic hydroxyl groups excluding tert-OH is 1. The molecular formula is C15H22ClNO2. The zero-order chi connectivity index (χ0) is 13.7. The topological polar surface area (TPSA) is 32.7 Å². The van der Waals surface area contributed by atoms with Crippen LogP contribution < -0.4 is 0 Å². The second-order valence-electron chi connectivity index (χ2n) is 5.58. The summed E-state index contributed by atoms with van der Waals surface area (Å²) in [4.78, 5) is 2.21. The molecule has 106 valence electrons. The Balaban J connectivity index is 1.96. The molecule has 0 aromatic heterocycles. The van der Waals surface area contributed by atoms with Gasteiger partial charge < -0.3 is 14.7 Å². The van der Waals surface area contributed by atoms with Gasteiger partial charge in [-0.3, -0.25) is 0 Å². The molecule has 0 amide bonds. The van der Waals surface area contributed by atoms with Gasteiger partial charge in [0.05, 0.1) is 13.2 Å². The highest BCUT2D eigenvalue weighted by Gasteiger charge is 2.33. The largest absolute Gasteiger partial charge is 0.396 e. The fourth-order valence-electron chi connectivity index (χ4n) is 2.76. The van der Waals surface area contributed by atoms with Gasteiger partial charge in [0.1, 0.15) is 0 Å². The summed E-state index contributed by atoms with van der Waals surface area (Å²) in [5.74, 6) is 0. The van der Waals surface area contributed by atoms with E-state index < -0.39 is 0 Å². The average Bonchev–Trinajstić information content (AvgIpc) is 2.42. The SMILES string of the molecule is CN(Cc1ccccc1Cl)CC1(CO)CCCOC1. The van der Waals surface area contributed by atoms with Gasteiger partial charge in [0, 0.05) is 30.1 Å². The zero-order valence-electron chi connectivity index (χ0n) is 11.4. The second-order valence-corrected chi connectivity index (χ2v) is 5.99. The molecule has 2 rings (SSSR count). The van der Waals surface area contributed by atoms with E-state index in [0.717, 1.165) is 43.1 Å². The molecule has 1 aromatic carbocycles. The molecule has 1 aliphatic rings. The monoisotopic (exact) mass is 283 g/mol. The Morgan fingerprint density at radius 2 is 2.21 bits per heavy atom. The molecule has 1 aliphatic heterocycles. The molecule has 1 saturated heterocycles. The van der Waals surface area contributed by atoms with Crippen molar-refractivity contribution < 1.29 is 9.84 Å². The first-order chi connectivity index (χ1) is 9.15. The number of hydrogen-bond donors (Lipinski definition) is 1. The number of ether oxygens (including phenoxy) is 1. The number of hydrogen-bond acceptors (Lipinski definition) is 3. The van der Waals surface area contributed by atoms with Crippen LogP contribution in [0.4, 0.5) is 0 Å². The van der Waals surface area contributed by atoms with Crippen molar-refractivity contribution in [3.05, 3.63) is 34.9 Å². The van der Waals surface area contributed by atoms with Crippen LogP contribution in [-0.4, -0.2) is 43.4 Å². The molecule has 0 spiro atoms. The van der Waals surface area contributed by atoms with Crippen LogP contribution in [0, 0.1) is 5.41 Å². The summed E-state index contributed by atoms with van der Waals surface area (Å²) in [5.41, 5.74) is 1.00. The molecule has 1 unspecified atom stereocenters. The fraction of sp³-hybridized carbons (Fsp3) is 0.600. The second kappa shape index (κ2) is 6.71. The summed E-state index contributed by atoms with van der Waals surface area (Å²) in [6.45, 7) is 3.27. The van der Waals surface area contributed by atoms with Gasteiger partial charge in [-0.2, -0.15) is 0 Å². The first-order valence-corrected chi connectivity index (χ1v) is 7.14. The smallest absolute Gasteiger partial charge is 0.0556 e. The van der Waals surface area contributed by atoms with E-state index in [1.807, 2.05) is 24.3 Å². The highest BCUT2D eigenvalue weighted by molar-refractivity contribution is 6.31. The molecule has 0 bridgehead atoms. The number of aliphatic hydroxyl groups is 1. The lowest BCUT2D eigenvalue weighted by atomic mass is 9.83. The molecule has 1 aromatic rings. The van der Waals surface area contributed by atoms with Gasteiger partial charge in [0.25, 0.3) is 0 Å². The maximum absolute atomic E-state index is 9.68. The molecule has 0 radical (unpaired) electrons. The van der Waals surface area contributed by atoms with E-state index in [4.69, 9.17) is 16.3 Å². The molecule has 1 N–H and O–H groups in total. The number of rotatable bonds is 5. The van der Waals surface area contributed by atoms with Crippen LogP contribution in [-0.2, 0) is 11.3 Å². The fourth-order valence-corrected chi connectivity index (χ4v) is 2.95. The third-order valence-corrected chi connectivity index (χ3v) is 4.11. The van der Waals surface area contributed by atoms with Gasteiger partial charge in [0.15, 0.2) is 0 Å². The summed E-state index contributed by atoms with van der Waals surface area (Å²) >= 11 is 6.18. The summed E-state index contributed by atoms with van der Waals surface area (Å²) < 4.78 is 5.54. The molecule has 1 atom stereocenters. The molecule has 4 heteroatoms. The van der Waals surface area contributed by atoms with Crippen molar-refractivity contribution in [3.8, 4) is 0 Å². The Labute approximate surface area is 120 Å². The number of nitrogens with zero attached hydrogens (tertiary/aromatic N) is 1. The Kier molecular flexibility index (Phi) is 5.22. The van der Waals surface area contributed by atoms with Crippen molar-refractivity contribution in [2.24, 2.45) is 5.41 Å². The van der Waals surface area contributed by atoms with Gasteiger partial charge in [-0.25, -0.2) is 0 Å². The van der Waals surface area contributed by atoms with Gasteiger partial charge in [-0.05, 0) is 31.5 Å². The van der Waals surface area contributed by atoms with E-state index in [2.05, 4.69) is 11.9 Å². The van der Waals surface area contributed by atoms with E-state index in [1.54, 1.807) is 0 Å². The maximum Gasteiger partial charge on any atom is 0.0556 e. The highest BCUT2D eigenvalue weighted by Crippen LogP contribution is 2.29. The van der Waals surface area contributed by atoms with Crippen LogP contribution in [0.2, 0.25) is 5.02 Å². The van der Waals surface area contributed by atoms with Crippen molar-refractivity contribution in [2.75, 3.05) is 33.4 Å². The van der Waals surface area contributed by atoms with Gasteiger partial charge in [0.2, 0.25) is 0 Å². The molecule has 3 nitrogen and oxygen atoms in total. The molecule has 1 heterocycles. The van der Waals surface area contributed by atoms with Crippen LogP contribution in [0.3, 0.4) is 0 Å². The molecule has 1 fully saturated rings. The average molecular weight is 284 g/mol. The third-order valence-electron chi connectivity index (χ3n) is 3.74. The molecule has 19 heavy (non-hydrogen) atoms. The minimum atomic E-state index is -0.117.